The van der Waals surface area contributed by atoms with Gasteiger partial charge in [-0.25, -0.2) is 9.69 Å². The third kappa shape index (κ3) is 5.96. The molecular weight excluding hydrogens is 374 g/mol. The first kappa shape index (κ1) is 21.7. The summed E-state index contributed by atoms with van der Waals surface area (Å²) >= 11 is 1.59. The summed E-state index contributed by atoms with van der Waals surface area (Å²) < 4.78 is 6.34. The largest absolute Gasteiger partial charge is 0.450 e. The van der Waals surface area contributed by atoms with Crippen molar-refractivity contribution in [3.05, 3.63) is 35.2 Å². The van der Waals surface area contributed by atoms with Crippen molar-refractivity contribution in [2.75, 3.05) is 13.2 Å². The first-order valence-corrected chi connectivity index (χ1v) is 10.6. The van der Waals surface area contributed by atoms with E-state index in [9.17, 15) is 14.9 Å². The number of hydrogen-bond acceptors (Lipinski definition) is 5. The molecule has 0 aliphatic carbocycles. The van der Waals surface area contributed by atoms with Crippen LogP contribution >= 0.6 is 11.3 Å². The van der Waals surface area contributed by atoms with E-state index in [2.05, 4.69) is 12.2 Å². The second-order valence-corrected chi connectivity index (χ2v) is 7.45. The van der Waals surface area contributed by atoms with Crippen molar-refractivity contribution in [1.82, 2.24) is 10.2 Å². The van der Waals surface area contributed by atoms with Crippen LogP contribution in [-0.2, 0) is 16.0 Å². The molecule has 0 fully saturated rings. The van der Waals surface area contributed by atoms with Gasteiger partial charge in [0.1, 0.15) is 6.04 Å². The maximum Gasteiger partial charge on any atom is 0.407 e. The third-order valence-electron chi connectivity index (χ3n) is 4.51. The number of alkyl carbamates (subject to hydrolysis) is 1. The molecule has 6 nitrogen and oxygen atoms in total. The number of carbonyl (C=O) groups excluding carboxylic acids is 2. The van der Waals surface area contributed by atoms with Crippen molar-refractivity contribution in [3.8, 4) is 6.19 Å². The molecular formula is C21H27N3O3S. The first-order chi connectivity index (χ1) is 13.6. The SMILES string of the molecule is CCCCCCOC(=O)NC(Cc1csc2ccccc12)C(=O)N(C#N)CC. The highest BCUT2D eigenvalue weighted by Crippen LogP contribution is 2.26. The number of nitriles is 1. The maximum atomic E-state index is 12.8. The second-order valence-electron chi connectivity index (χ2n) is 6.54. The molecule has 7 heteroatoms. The van der Waals surface area contributed by atoms with E-state index in [1.54, 1.807) is 18.3 Å². The Bertz CT molecular complexity index is 828. The number of unbranched alkanes of at least 4 members (excludes halogenated alkanes) is 3. The van der Waals surface area contributed by atoms with Crippen LogP contribution in [0.4, 0.5) is 4.79 Å². The molecule has 2 rings (SSSR count). The topological polar surface area (TPSA) is 82.4 Å². The Kier molecular flexibility index (Phi) is 8.76. The highest BCUT2D eigenvalue weighted by atomic mass is 32.1. The van der Waals surface area contributed by atoms with Crippen molar-refractivity contribution < 1.29 is 14.3 Å². The zero-order chi connectivity index (χ0) is 20.4. The highest BCUT2D eigenvalue weighted by Gasteiger charge is 2.27. The number of hydrogen-bond donors (Lipinski definition) is 1. The number of amides is 2. The van der Waals surface area contributed by atoms with Gasteiger partial charge in [0.25, 0.3) is 5.91 Å². The summed E-state index contributed by atoms with van der Waals surface area (Å²) in [5.74, 6) is -0.428. The standard InChI is InChI=1S/C21H27N3O3S/c1-3-5-6-9-12-27-21(26)23-18(20(25)24(4-2)15-22)13-16-14-28-19-11-8-7-10-17(16)19/h7-8,10-11,14,18H,3-6,9,12-13H2,1-2H3,(H,23,26). The lowest BCUT2D eigenvalue weighted by atomic mass is 10.0. The van der Waals surface area contributed by atoms with Crippen LogP contribution in [0.5, 0.6) is 0 Å². The van der Waals surface area contributed by atoms with Gasteiger partial charge in [0.05, 0.1) is 6.61 Å². The van der Waals surface area contributed by atoms with Crippen LogP contribution in [0, 0.1) is 11.5 Å². The number of fused-ring (bicyclic) bond motifs is 1. The Morgan fingerprint density at radius 2 is 2.04 bits per heavy atom. The van der Waals surface area contributed by atoms with E-state index < -0.39 is 18.0 Å². The van der Waals surface area contributed by atoms with Gasteiger partial charge in [0.15, 0.2) is 6.19 Å². The van der Waals surface area contributed by atoms with Crippen LogP contribution < -0.4 is 5.32 Å². The predicted molar refractivity (Wildman–Crippen MR) is 111 cm³/mol. The lowest BCUT2D eigenvalue weighted by Crippen LogP contribution is -2.48. The summed E-state index contributed by atoms with van der Waals surface area (Å²) in [5.41, 5.74) is 0.969. The summed E-state index contributed by atoms with van der Waals surface area (Å²) in [5, 5.41) is 14.9. The molecule has 0 aliphatic heterocycles. The average Bonchev–Trinajstić information content (AvgIpc) is 3.11. The zero-order valence-corrected chi connectivity index (χ0v) is 17.3. The Hall–Kier alpha value is -2.59. The van der Waals surface area contributed by atoms with E-state index in [-0.39, 0.29) is 6.54 Å². The number of likely N-dealkylation sites (N-methyl/N-ethyl adjacent to an activating group) is 1. The number of benzene rings is 1. The number of ether oxygens (including phenoxy) is 1. The van der Waals surface area contributed by atoms with Crippen molar-refractivity contribution >= 4 is 33.4 Å². The summed E-state index contributed by atoms with van der Waals surface area (Å²) in [4.78, 5) is 26.0. The smallest absolute Gasteiger partial charge is 0.407 e. The fourth-order valence-corrected chi connectivity index (χ4v) is 3.93. The van der Waals surface area contributed by atoms with Crippen LogP contribution in [0.25, 0.3) is 10.1 Å². The normalized spacial score (nSPS) is 11.6. The molecule has 0 saturated heterocycles. The third-order valence-corrected chi connectivity index (χ3v) is 5.52. The molecule has 1 atom stereocenters. The number of thiophene rings is 1. The van der Waals surface area contributed by atoms with Gasteiger partial charge in [0, 0.05) is 17.7 Å². The zero-order valence-electron chi connectivity index (χ0n) is 16.4. The maximum absolute atomic E-state index is 12.8. The van der Waals surface area contributed by atoms with Gasteiger partial charge in [-0.2, -0.15) is 5.26 Å². The van der Waals surface area contributed by atoms with Crippen LogP contribution in [0.2, 0.25) is 0 Å². The summed E-state index contributed by atoms with van der Waals surface area (Å²) in [6, 6.07) is 7.08. The number of nitrogens with one attached hydrogen (secondary N) is 1. The molecule has 1 aromatic heterocycles. The van der Waals surface area contributed by atoms with Crippen LogP contribution in [0.3, 0.4) is 0 Å². The molecule has 1 N–H and O–H groups in total. The summed E-state index contributed by atoms with van der Waals surface area (Å²) in [6.45, 7) is 4.42. The van der Waals surface area contributed by atoms with E-state index in [0.29, 0.717) is 13.0 Å². The molecule has 0 spiro atoms. The quantitative estimate of drug-likeness (QED) is 0.362. The van der Waals surface area contributed by atoms with Gasteiger partial charge in [-0.15, -0.1) is 11.3 Å². The minimum atomic E-state index is -0.847. The molecule has 0 aliphatic rings. The van der Waals surface area contributed by atoms with Crippen LogP contribution in [0.1, 0.15) is 45.1 Å². The predicted octanol–water partition coefficient (Wildman–Crippen LogP) is 4.45. The Labute approximate surface area is 170 Å². The van der Waals surface area contributed by atoms with Gasteiger partial charge >= 0.3 is 6.09 Å². The molecule has 1 aromatic carbocycles. The van der Waals surface area contributed by atoms with E-state index in [4.69, 9.17) is 4.74 Å². The highest BCUT2D eigenvalue weighted by molar-refractivity contribution is 7.17. The van der Waals surface area contributed by atoms with Crippen molar-refractivity contribution in [2.45, 2.75) is 52.0 Å². The molecule has 0 bridgehead atoms. The molecule has 1 unspecified atom stereocenters. The van der Waals surface area contributed by atoms with E-state index in [1.165, 1.54) is 0 Å². The van der Waals surface area contributed by atoms with E-state index in [1.807, 2.05) is 35.8 Å². The average molecular weight is 402 g/mol. The second kappa shape index (κ2) is 11.3. The molecule has 2 amide bonds. The fraction of sp³-hybridized carbons (Fsp3) is 0.476. The lowest BCUT2D eigenvalue weighted by Gasteiger charge is -2.21. The fourth-order valence-electron chi connectivity index (χ4n) is 2.95. The van der Waals surface area contributed by atoms with E-state index >= 15 is 0 Å². The Balaban J connectivity index is 2.08. The van der Waals surface area contributed by atoms with Gasteiger partial charge in [-0.3, -0.25) is 4.79 Å². The van der Waals surface area contributed by atoms with Crippen LogP contribution in [-0.4, -0.2) is 36.1 Å². The van der Waals surface area contributed by atoms with Crippen molar-refractivity contribution in [1.29, 1.82) is 5.26 Å². The lowest BCUT2D eigenvalue weighted by molar-refractivity contribution is -0.130. The van der Waals surface area contributed by atoms with Gasteiger partial charge < -0.3 is 10.1 Å². The Morgan fingerprint density at radius 1 is 1.25 bits per heavy atom. The molecule has 28 heavy (non-hydrogen) atoms. The van der Waals surface area contributed by atoms with Crippen molar-refractivity contribution in [3.63, 3.8) is 0 Å². The number of carbonyl (C=O) groups is 2. The minimum absolute atomic E-state index is 0.254. The van der Waals surface area contributed by atoms with Crippen molar-refractivity contribution in [2.24, 2.45) is 0 Å². The van der Waals surface area contributed by atoms with Gasteiger partial charge in [0.2, 0.25) is 0 Å². The Morgan fingerprint density at radius 3 is 2.75 bits per heavy atom. The number of rotatable bonds is 10. The molecule has 0 saturated carbocycles. The minimum Gasteiger partial charge on any atom is -0.450 e. The monoisotopic (exact) mass is 401 g/mol. The van der Waals surface area contributed by atoms with Gasteiger partial charge in [-0.1, -0.05) is 44.4 Å². The summed E-state index contributed by atoms with van der Waals surface area (Å²) in [7, 11) is 0. The summed E-state index contributed by atoms with van der Waals surface area (Å²) in [6.07, 6.45) is 5.59. The van der Waals surface area contributed by atoms with Crippen LogP contribution in [0.15, 0.2) is 29.6 Å². The van der Waals surface area contributed by atoms with E-state index in [0.717, 1.165) is 46.2 Å². The first-order valence-electron chi connectivity index (χ1n) is 9.70. The molecule has 1 heterocycles. The molecule has 2 aromatic rings. The molecule has 150 valence electrons. The molecule has 0 radical (unpaired) electrons. The number of nitrogens with zero attached hydrogens (tertiary/aromatic N) is 2. The van der Waals surface area contributed by atoms with Gasteiger partial charge in [-0.05, 0) is 35.7 Å².